The van der Waals surface area contributed by atoms with Crippen LogP contribution in [-0.2, 0) is 6.54 Å². The van der Waals surface area contributed by atoms with Crippen molar-refractivity contribution < 1.29 is 4.39 Å². The third-order valence-electron chi connectivity index (χ3n) is 2.14. The molecule has 0 bridgehead atoms. The van der Waals surface area contributed by atoms with Crippen LogP contribution in [-0.4, -0.2) is 4.57 Å². The normalized spacial score (nSPS) is 10.4. The molecule has 0 unspecified atom stereocenters. The van der Waals surface area contributed by atoms with E-state index in [-0.39, 0.29) is 5.82 Å². The molecule has 1 heterocycles. The number of rotatable bonds is 2. The first-order valence-corrected chi connectivity index (χ1v) is 4.43. The highest BCUT2D eigenvalue weighted by molar-refractivity contribution is 5.41. The zero-order valence-corrected chi connectivity index (χ0v) is 7.65. The Morgan fingerprint density at radius 2 is 1.93 bits per heavy atom. The van der Waals surface area contributed by atoms with E-state index >= 15 is 0 Å². The monoisotopic (exact) mass is 190 g/mol. The lowest BCUT2D eigenvalue weighted by atomic mass is 10.1. The summed E-state index contributed by atoms with van der Waals surface area (Å²) < 4.78 is 14.8. The Balaban J connectivity index is 2.53. The summed E-state index contributed by atoms with van der Waals surface area (Å²) in [6.45, 7) is 0.339. The van der Waals surface area contributed by atoms with Gasteiger partial charge in [-0.25, -0.2) is 4.39 Å². The van der Waals surface area contributed by atoms with E-state index in [1.165, 1.54) is 12.1 Å². The molecule has 0 saturated heterocycles. The summed E-state index contributed by atoms with van der Waals surface area (Å²) in [5.41, 5.74) is 7.28. The molecule has 3 heteroatoms. The molecule has 2 aromatic rings. The van der Waals surface area contributed by atoms with E-state index in [1.54, 1.807) is 6.07 Å². The minimum absolute atomic E-state index is 0.249. The number of hydrogen-bond donors (Lipinski definition) is 1. The molecule has 1 aromatic heterocycles. The minimum atomic E-state index is -0.249. The molecule has 0 aliphatic heterocycles. The van der Waals surface area contributed by atoms with Crippen LogP contribution in [0, 0.1) is 5.82 Å². The van der Waals surface area contributed by atoms with Crippen LogP contribution in [0.5, 0.6) is 0 Å². The standard InChI is InChI=1S/C11H11FN2/c12-10-3-4-11(9(7-10)8-13)14-5-1-2-6-14/h1-7H,8,13H2. The maximum absolute atomic E-state index is 12.9. The number of aromatic nitrogens is 1. The van der Waals surface area contributed by atoms with Crippen LogP contribution >= 0.6 is 0 Å². The molecule has 0 atom stereocenters. The van der Waals surface area contributed by atoms with Gasteiger partial charge in [-0.15, -0.1) is 0 Å². The minimum Gasteiger partial charge on any atom is -0.326 e. The van der Waals surface area contributed by atoms with Crippen LogP contribution in [0.2, 0.25) is 0 Å². The van der Waals surface area contributed by atoms with Gasteiger partial charge in [-0.2, -0.15) is 0 Å². The Morgan fingerprint density at radius 1 is 1.21 bits per heavy atom. The summed E-state index contributed by atoms with van der Waals surface area (Å²) in [7, 11) is 0. The molecule has 0 aliphatic carbocycles. The van der Waals surface area contributed by atoms with Crippen molar-refractivity contribution in [1.29, 1.82) is 0 Å². The van der Waals surface area contributed by atoms with Crippen LogP contribution in [0.1, 0.15) is 5.56 Å². The van der Waals surface area contributed by atoms with Gasteiger partial charge in [0.1, 0.15) is 5.82 Å². The van der Waals surface area contributed by atoms with Gasteiger partial charge in [0.2, 0.25) is 0 Å². The van der Waals surface area contributed by atoms with Gasteiger partial charge in [0, 0.05) is 24.6 Å². The van der Waals surface area contributed by atoms with Gasteiger partial charge >= 0.3 is 0 Å². The Labute approximate surface area is 81.8 Å². The molecule has 2 N–H and O–H groups in total. The van der Waals surface area contributed by atoms with Crippen molar-refractivity contribution in [2.24, 2.45) is 5.73 Å². The van der Waals surface area contributed by atoms with Crippen molar-refractivity contribution in [2.75, 3.05) is 0 Å². The van der Waals surface area contributed by atoms with Crippen LogP contribution in [0.15, 0.2) is 42.7 Å². The van der Waals surface area contributed by atoms with E-state index in [2.05, 4.69) is 0 Å². The molecular weight excluding hydrogens is 179 g/mol. The second kappa shape index (κ2) is 3.64. The number of hydrogen-bond acceptors (Lipinski definition) is 1. The van der Waals surface area contributed by atoms with Gasteiger partial charge in [0.05, 0.1) is 0 Å². The van der Waals surface area contributed by atoms with Gasteiger partial charge in [-0.3, -0.25) is 0 Å². The first kappa shape index (κ1) is 8.97. The maximum Gasteiger partial charge on any atom is 0.123 e. The highest BCUT2D eigenvalue weighted by Crippen LogP contribution is 2.15. The van der Waals surface area contributed by atoms with Crippen molar-refractivity contribution >= 4 is 0 Å². The topological polar surface area (TPSA) is 30.9 Å². The SMILES string of the molecule is NCc1cc(F)ccc1-n1cccc1. The van der Waals surface area contributed by atoms with Crippen molar-refractivity contribution in [3.05, 3.63) is 54.1 Å². The molecule has 2 nitrogen and oxygen atoms in total. The fraction of sp³-hybridized carbons (Fsp3) is 0.0909. The predicted molar refractivity (Wildman–Crippen MR) is 53.6 cm³/mol. The maximum atomic E-state index is 12.9. The summed E-state index contributed by atoms with van der Waals surface area (Å²) >= 11 is 0. The lowest BCUT2D eigenvalue weighted by molar-refractivity contribution is 0.625. The summed E-state index contributed by atoms with van der Waals surface area (Å²) in [5.74, 6) is -0.249. The molecule has 0 spiro atoms. The average Bonchev–Trinajstić information content (AvgIpc) is 2.70. The number of halogens is 1. The quantitative estimate of drug-likeness (QED) is 0.772. The van der Waals surface area contributed by atoms with E-state index in [4.69, 9.17) is 5.73 Å². The fourth-order valence-electron chi connectivity index (χ4n) is 1.46. The summed E-state index contributed by atoms with van der Waals surface area (Å²) in [4.78, 5) is 0. The van der Waals surface area contributed by atoms with Gasteiger partial charge < -0.3 is 10.3 Å². The largest absolute Gasteiger partial charge is 0.326 e. The Kier molecular flexibility index (Phi) is 2.33. The van der Waals surface area contributed by atoms with Crippen molar-refractivity contribution in [1.82, 2.24) is 4.57 Å². The van der Waals surface area contributed by atoms with Gasteiger partial charge in [-0.05, 0) is 35.9 Å². The first-order chi connectivity index (χ1) is 6.81. The van der Waals surface area contributed by atoms with Crippen LogP contribution in [0.4, 0.5) is 4.39 Å². The molecule has 1 aromatic carbocycles. The molecule has 0 radical (unpaired) electrons. The highest BCUT2D eigenvalue weighted by atomic mass is 19.1. The lowest BCUT2D eigenvalue weighted by Crippen LogP contribution is -2.03. The van der Waals surface area contributed by atoms with Crippen molar-refractivity contribution in [3.8, 4) is 5.69 Å². The van der Waals surface area contributed by atoms with E-state index in [9.17, 15) is 4.39 Å². The third-order valence-corrected chi connectivity index (χ3v) is 2.14. The molecule has 14 heavy (non-hydrogen) atoms. The Morgan fingerprint density at radius 3 is 2.57 bits per heavy atom. The molecular formula is C11H11FN2. The van der Waals surface area contributed by atoms with E-state index in [1.807, 2.05) is 29.1 Å². The van der Waals surface area contributed by atoms with Crippen LogP contribution < -0.4 is 5.73 Å². The number of benzene rings is 1. The second-order valence-electron chi connectivity index (χ2n) is 3.07. The smallest absolute Gasteiger partial charge is 0.123 e. The first-order valence-electron chi connectivity index (χ1n) is 4.43. The Bertz CT molecular complexity index is 421. The molecule has 0 aliphatic rings. The molecule has 2 rings (SSSR count). The van der Waals surface area contributed by atoms with E-state index in [0.717, 1.165) is 11.3 Å². The van der Waals surface area contributed by atoms with Gasteiger partial charge in [-0.1, -0.05) is 0 Å². The Hall–Kier alpha value is -1.61. The van der Waals surface area contributed by atoms with Crippen molar-refractivity contribution in [2.45, 2.75) is 6.54 Å². The zero-order chi connectivity index (χ0) is 9.97. The van der Waals surface area contributed by atoms with Crippen LogP contribution in [0.3, 0.4) is 0 Å². The number of nitrogens with zero attached hydrogens (tertiary/aromatic N) is 1. The van der Waals surface area contributed by atoms with E-state index in [0.29, 0.717) is 6.54 Å². The summed E-state index contributed by atoms with van der Waals surface area (Å²) in [5, 5.41) is 0. The summed E-state index contributed by atoms with van der Waals surface area (Å²) in [6, 6.07) is 8.48. The average molecular weight is 190 g/mol. The summed E-state index contributed by atoms with van der Waals surface area (Å²) in [6.07, 6.45) is 3.82. The third kappa shape index (κ3) is 1.54. The van der Waals surface area contributed by atoms with Gasteiger partial charge in [0.25, 0.3) is 0 Å². The molecule has 0 fully saturated rings. The lowest BCUT2D eigenvalue weighted by Gasteiger charge is -2.08. The number of nitrogens with two attached hydrogens (primary N) is 1. The van der Waals surface area contributed by atoms with Gasteiger partial charge in [0.15, 0.2) is 0 Å². The second-order valence-corrected chi connectivity index (χ2v) is 3.07. The predicted octanol–water partition coefficient (Wildman–Crippen LogP) is 2.08. The zero-order valence-electron chi connectivity index (χ0n) is 7.65. The molecule has 0 amide bonds. The molecule has 0 saturated carbocycles. The van der Waals surface area contributed by atoms with Crippen LogP contribution in [0.25, 0.3) is 5.69 Å². The fourth-order valence-corrected chi connectivity index (χ4v) is 1.46. The highest BCUT2D eigenvalue weighted by Gasteiger charge is 2.03. The molecule has 72 valence electrons. The van der Waals surface area contributed by atoms with E-state index < -0.39 is 0 Å². The van der Waals surface area contributed by atoms with Crippen molar-refractivity contribution in [3.63, 3.8) is 0 Å².